The molecule has 0 aliphatic heterocycles. The van der Waals surface area contributed by atoms with Crippen molar-refractivity contribution in [3.63, 3.8) is 0 Å². The molecule has 5 N–H and O–H groups in total. The second kappa shape index (κ2) is 14.8. The summed E-state index contributed by atoms with van der Waals surface area (Å²) in [6, 6.07) is 6.06. The van der Waals surface area contributed by atoms with Gasteiger partial charge in [0.05, 0.1) is 5.88 Å². The van der Waals surface area contributed by atoms with Crippen LogP contribution in [0, 0.1) is 0 Å². The van der Waals surface area contributed by atoms with E-state index in [9.17, 15) is 10.0 Å². The predicted octanol–water partition coefficient (Wildman–Crippen LogP) is 2.23. The van der Waals surface area contributed by atoms with Crippen LogP contribution in [-0.2, 0) is 11.2 Å². The van der Waals surface area contributed by atoms with Crippen LogP contribution in [0.2, 0.25) is 0 Å². The Morgan fingerprint density at radius 1 is 1.27 bits per heavy atom. The maximum absolute atomic E-state index is 10.6. The molecule has 0 aromatic heterocycles. The number of benzene rings is 1. The van der Waals surface area contributed by atoms with Crippen LogP contribution in [-0.4, -0.2) is 34.7 Å². The molecular weight excluding hydrogens is 304 g/mol. The summed E-state index contributed by atoms with van der Waals surface area (Å²) in [6.45, 7) is 8.66. The molecule has 0 fully saturated rings. The smallest absolute Gasteiger partial charge is 0.320 e. The molecule has 2 unspecified atom stereocenters. The summed E-state index contributed by atoms with van der Waals surface area (Å²) >= 11 is 5.52. The maximum atomic E-state index is 10.6. The molecule has 5 nitrogen and oxygen atoms in total. The first-order valence-electron chi connectivity index (χ1n) is 7.64. The van der Waals surface area contributed by atoms with Crippen molar-refractivity contribution in [3.8, 4) is 0 Å². The van der Waals surface area contributed by atoms with Crippen LogP contribution < -0.4 is 10.8 Å². The molecule has 0 bridgehead atoms. The Hall–Kier alpha value is -1.14. The van der Waals surface area contributed by atoms with E-state index in [-0.39, 0.29) is 11.5 Å². The quantitative estimate of drug-likeness (QED) is 0.475. The summed E-state index contributed by atoms with van der Waals surface area (Å²) in [6.07, 6.45) is 1.52. The first-order valence-corrected chi connectivity index (χ1v) is 8.18. The van der Waals surface area contributed by atoms with Gasteiger partial charge < -0.3 is 10.8 Å². The largest absolute Gasteiger partial charge is 0.480 e. The number of hydrogen-bond donors (Lipinski definition) is 4. The number of hydrogen-bond acceptors (Lipinski definition) is 3. The Labute approximate surface area is 138 Å². The van der Waals surface area contributed by atoms with Crippen LogP contribution in [0.25, 0.3) is 0 Å². The van der Waals surface area contributed by atoms with E-state index in [4.69, 9.17) is 22.4 Å². The van der Waals surface area contributed by atoms with Gasteiger partial charge in [-0.3, -0.25) is 4.79 Å². The summed E-state index contributed by atoms with van der Waals surface area (Å²) in [5.74, 6) is -0.664. The zero-order chi connectivity index (χ0) is 17.5. The highest BCUT2D eigenvalue weighted by molar-refractivity contribution is 6.17. The molecule has 0 spiro atoms. The third-order valence-electron chi connectivity index (χ3n) is 2.39. The third kappa shape index (κ3) is 10.6. The first kappa shape index (κ1) is 23.1. The van der Waals surface area contributed by atoms with Gasteiger partial charge in [-0.1, -0.05) is 46.2 Å². The lowest BCUT2D eigenvalue weighted by atomic mass is 10.1. The molecule has 0 saturated heterocycles. The number of aliphatic carboxylic acids is 1. The van der Waals surface area contributed by atoms with Crippen LogP contribution in [0.5, 0.6) is 0 Å². The first-order chi connectivity index (χ1) is 10.5. The van der Waals surface area contributed by atoms with Crippen molar-refractivity contribution < 1.29 is 20.2 Å². The lowest BCUT2D eigenvalue weighted by molar-refractivity contribution is -1.03. The SMILES string of the molecule is CC.CCC.NC(Cc1ccc([NH+](O)CCCl)cc1)C(=O)O. The monoisotopic (exact) mass is 333 g/mol. The van der Waals surface area contributed by atoms with E-state index in [0.29, 0.717) is 18.1 Å². The number of carbonyl (C=O) groups is 1. The molecule has 0 heterocycles. The molecule has 0 aliphatic rings. The van der Waals surface area contributed by atoms with E-state index in [2.05, 4.69) is 13.8 Å². The summed E-state index contributed by atoms with van der Waals surface area (Å²) < 4.78 is 0. The van der Waals surface area contributed by atoms with Crippen LogP contribution in [0.3, 0.4) is 0 Å². The summed E-state index contributed by atoms with van der Waals surface area (Å²) in [4.78, 5) is 10.6. The molecule has 1 rings (SSSR count). The Morgan fingerprint density at radius 3 is 2.09 bits per heavy atom. The van der Waals surface area contributed by atoms with Gasteiger partial charge in [0.2, 0.25) is 0 Å². The maximum Gasteiger partial charge on any atom is 0.320 e. The minimum atomic E-state index is -1.02. The van der Waals surface area contributed by atoms with Crippen LogP contribution >= 0.6 is 11.6 Å². The topological polar surface area (TPSA) is 88.0 Å². The number of carboxylic acid groups (broad SMARTS) is 1. The third-order valence-corrected chi connectivity index (χ3v) is 2.58. The number of rotatable bonds is 6. The average molecular weight is 334 g/mol. The number of nitrogens with two attached hydrogens (primary N) is 1. The molecule has 2 atom stereocenters. The van der Waals surface area contributed by atoms with Crippen molar-refractivity contribution in [1.82, 2.24) is 0 Å². The fraction of sp³-hybridized carbons (Fsp3) is 0.562. The normalized spacial score (nSPS) is 12.1. The van der Waals surface area contributed by atoms with Crippen molar-refractivity contribution in [2.24, 2.45) is 5.73 Å². The summed E-state index contributed by atoms with van der Waals surface area (Å²) in [7, 11) is 0. The van der Waals surface area contributed by atoms with Crippen LogP contribution in [0.15, 0.2) is 24.3 Å². The number of hydroxylamine groups is 1. The van der Waals surface area contributed by atoms with Crippen molar-refractivity contribution in [1.29, 1.82) is 0 Å². The number of halogens is 1. The van der Waals surface area contributed by atoms with Gasteiger partial charge in [0, 0.05) is 12.1 Å². The van der Waals surface area contributed by atoms with Crippen molar-refractivity contribution in [2.75, 3.05) is 12.4 Å². The van der Waals surface area contributed by atoms with E-state index in [1.54, 1.807) is 24.3 Å². The number of nitrogens with one attached hydrogen (secondary N) is 1. The van der Waals surface area contributed by atoms with Crippen molar-refractivity contribution in [2.45, 2.75) is 46.6 Å². The molecule has 0 aliphatic carbocycles. The van der Waals surface area contributed by atoms with Gasteiger partial charge in [0.1, 0.15) is 12.6 Å². The van der Waals surface area contributed by atoms with Crippen molar-refractivity contribution in [3.05, 3.63) is 29.8 Å². The van der Waals surface area contributed by atoms with Gasteiger partial charge in [0.15, 0.2) is 5.69 Å². The minimum absolute atomic E-state index is 0.231. The van der Waals surface area contributed by atoms with E-state index in [1.165, 1.54) is 6.42 Å². The molecule has 0 radical (unpaired) electrons. The lowest BCUT2D eigenvalue weighted by Gasteiger charge is -2.10. The molecule has 128 valence electrons. The summed E-state index contributed by atoms with van der Waals surface area (Å²) in [5.41, 5.74) is 6.94. The Bertz CT molecular complexity index is 385. The van der Waals surface area contributed by atoms with Gasteiger partial charge in [-0.05, 0) is 12.0 Å². The minimum Gasteiger partial charge on any atom is -0.480 e. The van der Waals surface area contributed by atoms with E-state index >= 15 is 0 Å². The highest BCUT2D eigenvalue weighted by Gasteiger charge is 2.13. The zero-order valence-electron chi connectivity index (χ0n) is 14.0. The number of quaternary nitrogens is 1. The number of alkyl halides is 1. The molecule has 1 aromatic rings. The van der Waals surface area contributed by atoms with Gasteiger partial charge in [-0.2, -0.15) is 5.06 Å². The highest BCUT2D eigenvalue weighted by atomic mass is 35.5. The van der Waals surface area contributed by atoms with E-state index < -0.39 is 12.0 Å². The average Bonchev–Trinajstić information content (AvgIpc) is 2.51. The standard InChI is InChI=1S/C11H15ClN2O3.C3H8.C2H6/c12-5-6-14(17)9-3-1-8(2-4-9)7-10(13)11(15)16;1-3-2;1-2/h1-4,10,17H,5-7,13H2,(H,15,16);3H2,1-2H3;1-2H3/p+1. The Morgan fingerprint density at radius 2 is 1.73 bits per heavy atom. The molecule has 22 heavy (non-hydrogen) atoms. The fourth-order valence-corrected chi connectivity index (χ4v) is 1.59. The van der Waals surface area contributed by atoms with Gasteiger partial charge in [-0.15, -0.1) is 11.6 Å². The Kier molecular flexibility index (Phi) is 15.5. The van der Waals surface area contributed by atoms with E-state index in [0.717, 1.165) is 5.56 Å². The predicted molar refractivity (Wildman–Crippen MR) is 91.1 cm³/mol. The second-order valence-electron chi connectivity index (χ2n) is 4.44. The zero-order valence-corrected chi connectivity index (χ0v) is 14.7. The van der Waals surface area contributed by atoms with Crippen molar-refractivity contribution >= 4 is 23.3 Å². The molecular formula is C16H30ClN2O3+. The van der Waals surface area contributed by atoms with Gasteiger partial charge >= 0.3 is 5.97 Å². The molecule has 6 heteroatoms. The van der Waals surface area contributed by atoms with Crippen LogP contribution in [0.1, 0.15) is 39.7 Å². The van der Waals surface area contributed by atoms with Crippen LogP contribution in [0.4, 0.5) is 5.69 Å². The lowest BCUT2D eigenvalue weighted by Crippen LogP contribution is -3.05. The molecule has 1 aromatic carbocycles. The highest BCUT2D eigenvalue weighted by Crippen LogP contribution is 2.07. The van der Waals surface area contributed by atoms with E-state index in [1.807, 2.05) is 13.8 Å². The fourth-order valence-electron chi connectivity index (χ4n) is 1.41. The Balaban J connectivity index is 0. The second-order valence-corrected chi connectivity index (χ2v) is 4.82. The number of carboxylic acids is 1. The van der Waals surface area contributed by atoms with Gasteiger partial charge in [0.25, 0.3) is 0 Å². The van der Waals surface area contributed by atoms with Gasteiger partial charge in [-0.25, -0.2) is 5.21 Å². The molecule has 0 amide bonds. The summed E-state index contributed by atoms with van der Waals surface area (Å²) in [5, 5.41) is 18.5. The molecule has 0 saturated carbocycles.